The Balaban J connectivity index is 1.25. The second-order valence-corrected chi connectivity index (χ2v) is 9.99. The molecule has 2 heterocycles. The van der Waals surface area contributed by atoms with E-state index in [-0.39, 0.29) is 11.9 Å². The number of nitrogens with zero attached hydrogens (tertiary/aromatic N) is 2. The fraction of sp³-hybridized carbons (Fsp3) is 0.387. The number of carbonyl (C=O) groups excluding carboxylic acids is 1. The molecule has 1 aliphatic heterocycles. The molecule has 5 nitrogen and oxygen atoms in total. The highest BCUT2D eigenvalue weighted by Gasteiger charge is 2.42. The highest BCUT2D eigenvalue weighted by atomic mass is 16.5. The fourth-order valence-corrected chi connectivity index (χ4v) is 5.39. The van der Waals surface area contributed by atoms with Gasteiger partial charge in [0.15, 0.2) is 5.76 Å². The Labute approximate surface area is 214 Å². The van der Waals surface area contributed by atoms with Crippen molar-refractivity contribution in [1.29, 1.82) is 0 Å². The number of rotatable bonds is 10. The van der Waals surface area contributed by atoms with Gasteiger partial charge in [-0.3, -0.25) is 9.69 Å². The van der Waals surface area contributed by atoms with Gasteiger partial charge in [0.05, 0.1) is 13.4 Å². The molecule has 1 amide bonds. The van der Waals surface area contributed by atoms with Crippen molar-refractivity contribution in [3.8, 4) is 5.75 Å². The van der Waals surface area contributed by atoms with Gasteiger partial charge in [-0.1, -0.05) is 54.6 Å². The van der Waals surface area contributed by atoms with Crippen LogP contribution in [0.1, 0.15) is 47.4 Å². The van der Waals surface area contributed by atoms with Crippen molar-refractivity contribution in [2.45, 2.75) is 44.2 Å². The number of carbonyl (C=O) groups is 1. The van der Waals surface area contributed by atoms with Gasteiger partial charge in [-0.25, -0.2) is 0 Å². The topological polar surface area (TPSA) is 45.9 Å². The summed E-state index contributed by atoms with van der Waals surface area (Å²) in [6, 6.07) is 22.9. The molecule has 1 atom stereocenters. The van der Waals surface area contributed by atoms with Crippen LogP contribution in [0.25, 0.3) is 6.08 Å². The van der Waals surface area contributed by atoms with Crippen molar-refractivity contribution in [3.63, 3.8) is 0 Å². The summed E-state index contributed by atoms with van der Waals surface area (Å²) in [7, 11) is 1.69. The zero-order valence-electron chi connectivity index (χ0n) is 21.1. The quantitative estimate of drug-likeness (QED) is 0.358. The molecule has 1 saturated heterocycles. The smallest absolute Gasteiger partial charge is 0.290 e. The van der Waals surface area contributed by atoms with Crippen molar-refractivity contribution >= 4 is 12.0 Å². The molecule has 0 spiro atoms. The minimum Gasteiger partial charge on any atom is -0.497 e. The van der Waals surface area contributed by atoms with Crippen LogP contribution in [-0.4, -0.2) is 54.5 Å². The Morgan fingerprint density at radius 1 is 1.03 bits per heavy atom. The van der Waals surface area contributed by atoms with Crippen LogP contribution in [0, 0.1) is 5.92 Å². The predicted octanol–water partition coefficient (Wildman–Crippen LogP) is 5.93. The average molecular weight is 485 g/mol. The van der Waals surface area contributed by atoms with Crippen LogP contribution in [0.4, 0.5) is 0 Å². The van der Waals surface area contributed by atoms with Crippen LogP contribution >= 0.6 is 0 Å². The summed E-state index contributed by atoms with van der Waals surface area (Å²) in [5.74, 6) is 1.87. The van der Waals surface area contributed by atoms with E-state index in [1.807, 2.05) is 18.2 Å². The van der Waals surface area contributed by atoms with E-state index in [4.69, 9.17) is 9.15 Å². The molecule has 5 rings (SSSR count). The maximum Gasteiger partial charge on any atom is 0.290 e. The molecular weight excluding hydrogens is 448 g/mol. The first-order valence-corrected chi connectivity index (χ1v) is 13.1. The van der Waals surface area contributed by atoms with Crippen LogP contribution in [0.5, 0.6) is 5.75 Å². The molecule has 188 valence electrons. The molecular formula is C31H36N2O3. The third-order valence-electron chi connectivity index (χ3n) is 7.52. The maximum absolute atomic E-state index is 13.5. The van der Waals surface area contributed by atoms with E-state index in [2.05, 4.69) is 64.4 Å². The van der Waals surface area contributed by atoms with Gasteiger partial charge in [0.25, 0.3) is 5.91 Å². The second kappa shape index (κ2) is 11.6. The van der Waals surface area contributed by atoms with Crippen LogP contribution in [0.15, 0.2) is 83.5 Å². The lowest BCUT2D eigenvalue weighted by molar-refractivity contribution is 0.0467. The van der Waals surface area contributed by atoms with Crippen molar-refractivity contribution in [2.24, 2.45) is 5.92 Å². The molecule has 2 aromatic carbocycles. The van der Waals surface area contributed by atoms with E-state index in [1.165, 1.54) is 11.1 Å². The van der Waals surface area contributed by atoms with Gasteiger partial charge < -0.3 is 14.1 Å². The summed E-state index contributed by atoms with van der Waals surface area (Å²) >= 11 is 0. The Morgan fingerprint density at radius 2 is 1.78 bits per heavy atom. The predicted molar refractivity (Wildman–Crippen MR) is 143 cm³/mol. The molecule has 0 N–H and O–H groups in total. The summed E-state index contributed by atoms with van der Waals surface area (Å²) in [6.45, 7) is 3.05. The Bertz CT molecular complexity index is 1110. The fourth-order valence-electron chi connectivity index (χ4n) is 5.39. The van der Waals surface area contributed by atoms with Crippen molar-refractivity contribution in [3.05, 3.63) is 96.0 Å². The highest BCUT2D eigenvalue weighted by Crippen LogP contribution is 2.36. The molecule has 36 heavy (non-hydrogen) atoms. The van der Waals surface area contributed by atoms with Gasteiger partial charge in [0.2, 0.25) is 0 Å². The second-order valence-electron chi connectivity index (χ2n) is 9.99. The van der Waals surface area contributed by atoms with Crippen molar-refractivity contribution < 1.29 is 13.9 Å². The summed E-state index contributed by atoms with van der Waals surface area (Å²) < 4.78 is 10.8. The van der Waals surface area contributed by atoms with Gasteiger partial charge in [0.1, 0.15) is 5.75 Å². The summed E-state index contributed by atoms with van der Waals surface area (Å²) in [4.78, 5) is 18.2. The molecule has 5 heteroatoms. The number of benzene rings is 2. The summed E-state index contributed by atoms with van der Waals surface area (Å²) in [5, 5.41) is 0. The van der Waals surface area contributed by atoms with Crippen LogP contribution in [-0.2, 0) is 6.42 Å². The normalized spacial score (nSPS) is 17.8. The van der Waals surface area contributed by atoms with Crippen LogP contribution < -0.4 is 4.74 Å². The van der Waals surface area contributed by atoms with E-state index in [9.17, 15) is 4.79 Å². The Kier molecular flexibility index (Phi) is 7.87. The summed E-state index contributed by atoms with van der Waals surface area (Å²) in [5.41, 5.74) is 2.48. The largest absolute Gasteiger partial charge is 0.497 e. The van der Waals surface area contributed by atoms with Gasteiger partial charge >= 0.3 is 0 Å². The number of likely N-dealkylation sites (tertiary alicyclic amines) is 1. The number of amides is 1. The minimum absolute atomic E-state index is 0.0493. The number of hydrogen-bond donors (Lipinski definition) is 0. The van der Waals surface area contributed by atoms with E-state index in [0.29, 0.717) is 17.7 Å². The van der Waals surface area contributed by atoms with Gasteiger partial charge in [-0.2, -0.15) is 0 Å². The SMILES string of the molecule is COc1ccc(/C=C/CN2CCC([C@@H](Cc3ccccc3)N(C(=O)c3ccco3)C3CC3)CC2)cc1. The third-order valence-corrected chi connectivity index (χ3v) is 7.52. The van der Waals surface area contributed by atoms with E-state index >= 15 is 0 Å². The first kappa shape index (κ1) is 24.4. The van der Waals surface area contributed by atoms with Crippen LogP contribution in [0.2, 0.25) is 0 Å². The highest BCUT2D eigenvalue weighted by molar-refractivity contribution is 5.92. The Hall–Kier alpha value is -3.31. The van der Waals surface area contributed by atoms with Crippen molar-refractivity contribution in [1.82, 2.24) is 9.80 Å². The third kappa shape index (κ3) is 6.08. The van der Waals surface area contributed by atoms with E-state index in [1.54, 1.807) is 19.4 Å². The summed E-state index contributed by atoms with van der Waals surface area (Å²) in [6.07, 6.45) is 11.3. The molecule has 3 aromatic rings. The molecule has 0 radical (unpaired) electrons. The van der Waals surface area contributed by atoms with Crippen LogP contribution in [0.3, 0.4) is 0 Å². The van der Waals surface area contributed by atoms with Gasteiger partial charge in [-0.15, -0.1) is 0 Å². The maximum atomic E-state index is 13.5. The van der Waals surface area contributed by atoms with E-state index in [0.717, 1.165) is 57.5 Å². The molecule has 0 bridgehead atoms. The number of furan rings is 1. The molecule has 2 aliphatic rings. The standard InChI is InChI=1S/C31H36N2O3/c1-35-28-15-11-24(12-16-28)9-5-19-32-20-17-26(18-21-32)29(23-25-7-3-2-4-8-25)33(27-13-14-27)31(34)30-10-6-22-36-30/h2-12,15-16,22,26-27,29H,13-14,17-21,23H2,1H3/b9-5+/t29-/m1/s1. The lowest BCUT2D eigenvalue weighted by Crippen LogP contribution is -2.50. The molecule has 1 saturated carbocycles. The zero-order chi connectivity index (χ0) is 24.7. The first-order chi connectivity index (χ1) is 17.7. The molecule has 0 unspecified atom stereocenters. The minimum atomic E-state index is 0.0493. The molecule has 1 aliphatic carbocycles. The Morgan fingerprint density at radius 3 is 2.42 bits per heavy atom. The number of ether oxygens (including phenoxy) is 1. The monoisotopic (exact) mass is 484 g/mol. The van der Waals surface area contributed by atoms with E-state index < -0.39 is 0 Å². The van der Waals surface area contributed by atoms with Crippen molar-refractivity contribution in [2.75, 3.05) is 26.7 Å². The van der Waals surface area contributed by atoms with Gasteiger partial charge in [0, 0.05) is 18.6 Å². The molecule has 2 fully saturated rings. The average Bonchev–Trinajstić information content (AvgIpc) is 3.60. The number of methoxy groups -OCH3 is 1. The first-order valence-electron chi connectivity index (χ1n) is 13.1. The van der Waals surface area contributed by atoms with Gasteiger partial charge in [-0.05, 0) is 86.5 Å². The zero-order valence-corrected chi connectivity index (χ0v) is 21.1. The number of hydrogen-bond acceptors (Lipinski definition) is 4. The lowest BCUT2D eigenvalue weighted by Gasteiger charge is -2.41. The lowest BCUT2D eigenvalue weighted by atomic mass is 9.84. The number of piperidine rings is 1. The molecule has 1 aromatic heterocycles.